The van der Waals surface area contributed by atoms with Crippen LogP contribution in [0.15, 0.2) is 36.4 Å². The number of nitrogens with zero attached hydrogens (tertiary/aromatic N) is 1. The molecule has 2 aliphatic rings. The predicted molar refractivity (Wildman–Crippen MR) is 91.5 cm³/mol. The second-order valence-corrected chi connectivity index (χ2v) is 5.13. The average Bonchev–Trinajstić information content (AvgIpc) is 3.15. The molecule has 0 aliphatic carbocycles. The molecule has 0 aromatic heterocycles. The molecule has 136 valence electrons. The van der Waals surface area contributed by atoms with Crippen LogP contribution in [0, 0.1) is 0 Å². The molecule has 2 saturated heterocycles. The summed E-state index contributed by atoms with van der Waals surface area (Å²) >= 11 is 0. The molecule has 1 N–H and O–H groups in total. The summed E-state index contributed by atoms with van der Waals surface area (Å²) in [7, 11) is 1.37. The van der Waals surface area contributed by atoms with Gasteiger partial charge in [-0.1, -0.05) is 50.2 Å². The van der Waals surface area contributed by atoms with Gasteiger partial charge in [-0.2, -0.15) is 0 Å². The van der Waals surface area contributed by atoms with E-state index >= 15 is 0 Å². The summed E-state index contributed by atoms with van der Waals surface area (Å²) in [6, 6.07) is 12.0. The zero-order valence-electron chi connectivity index (χ0n) is 14.7. The lowest BCUT2D eigenvalue weighted by molar-refractivity contribution is -0.151. The van der Waals surface area contributed by atoms with E-state index in [2.05, 4.69) is 0 Å². The van der Waals surface area contributed by atoms with E-state index in [4.69, 9.17) is 14.6 Å². The molecule has 0 bridgehead atoms. The van der Waals surface area contributed by atoms with E-state index < -0.39 is 11.7 Å². The minimum absolute atomic E-state index is 0.250. The van der Waals surface area contributed by atoms with E-state index in [1.807, 2.05) is 55.1 Å². The third-order valence-corrected chi connectivity index (χ3v) is 3.83. The Balaban J connectivity index is 0.000000402. The van der Waals surface area contributed by atoms with Crippen molar-refractivity contribution in [2.75, 3.05) is 20.2 Å². The molecular weight excluding hydrogens is 313 g/mol. The molecule has 5 nitrogen and oxygen atoms in total. The monoisotopic (exact) mass is 341 g/mol. The van der Waals surface area contributed by atoms with E-state index in [0.29, 0.717) is 13.0 Å². The van der Waals surface area contributed by atoms with Gasteiger partial charge in [-0.15, -0.1) is 0 Å². The molecule has 0 spiro atoms. The smallest absolute Gasteiger partial charge is 0.326 e. The van der Waals surface area contributed by atoms with Gasteiger partial charge in [-0.25, -0.2) is 4.39 Å². The third kappa shape index (κ3) is 6.28. The molecule has 1 aromatic rings. The van der Waals surface area contributed by atoms with E-state index in [9.17, 15) is 9.18 Å². The van der Waals surface area contributed by atoms with Crippen LogP contribution in [0.5, 0.6) is 0 Å². The number of methoxy groups -OCH3 is 1. The highest BCUT2D eigenvalue weighted by Crippen LogP contribution is 2.40. The highest BCUT2D eigenvalue weighted by atomic mass is 19.1. The van der Waals surface area contributed by atoms with Crippen LogP contribution in [0.2, 0.25) is 0 Å². The number of halogens is 1. The number of hydrogen-bond acceptors (Lipinski definition) is 4. The number of hydrogen-bond donors (Lipinski definition) is 1. The largest absolute Gasteiger partial charge is 0.483 e. The average molecular weight is 341 g/mol. The van der Waals surface area contributed by atoms with Crippen molar-refractivity contribution in [3.05, 3.63) is 36.4 Å². The number of rotatable bonds is 1. The van der Waals surface area contributed by atoms with E-state index in [1.54, 1.807) is 0 Å². The van der Waals surface area contributed by atoms with Crippen molar-refractivity contribution in [1.29, 1.82) is 0 Å². The number of alkyl halides is 1. The Kier molecular flexibility index (Phi) is 11.5. The lowest BCUT2D eigenvalue weighted by Gasteiger charge is -2.27. The number of carbonyl (C=O) groups excluding carboxylic acids is 1. The van der Waals surface area contributed by atoms with Gasteiger partial charge in [-0.05, 0) is 19.4 Å². The van der Waals surface area contributed by atoms with Crippen LogP contribution in [0.1, 0.15) is 33.1 Å². The van der Waals surface area contributed by atoms with Crippen molar-refractivity contribution in [2.45, 2.75) is 44.8 Å². The zero-order valence-corrected chi connectivity index (χ0v) is 14.7. The first-order valence-electron chi connectivity index (χ1n) is 8.16. The van der Waals surface area contributed by atoms with E-state index in [1.165, 1.54) is 7.11 Å². The standard InChI is InChI=1S/C9H14FNO2.C6H6.C2H6.CH2O2/c1-13-8(12)9-3-2-4-11(9)6-7(10)5-9;1-2-4-6-5-3-1;1-2;2-1-3/h7H,2-6H2,1H3;1-6H;1-2H3;1H,(H,2,3)/t7-,9-;;;/m0.../s1. The van der Waals surface area contributed by atoms with Crippen LogP contribution in [0.4, 0.5) is 4.39 Å². The van der Waals surface area contributed by atoms with Gasteiger partial charge in [0.05, 0.1) is 7.11 Å². The number of carbonyl (C=O) groups is 2. The molecule has 6 heteroatoms. The normalized spacial score (nSPS) is 23.9. The second kappa shape index (κ2) is 12.5. The van der Waals surface area contributed by atoms with Gasteiger partial charge in [0.2, 0.25) is 0 Å². The van der Waals surface area contributed by atoms with Crippen molar-refractivity contribution in [1.82, 2.24) is 4.90 Å². The first-order valence-corrected chi connectivity index (χ1v) is 8.16. The number of benzene rings is 1. The van der Waals surface area contributed by atoms with Crippen LogP contribution in [-0.4, -0.2) is 54.4 Å². The lowest BCUT2D eigenvalue weighted by atomic mass is 9.94. The first kappa shape index (κ1) is 22.1. The Morgan fingerprint density at radius 1 is 1.25 bits per heavy atom. The molecule has 0 unspecified atom stereocenters. The van der Waals surface area contributed by atoms with Crippen molar-refractivity contribution in [2.24, 2.45) is 0 Å². The maximum Gasteiger partial charge on any atom is 0.326 e. The minimum Gasteiger partial charge on any atom is -0.483 e. The predicted octanol–water partition coefficient (Wildman–Crippen LogP) is 3.15. The molecule has 2 atom stereocenters. The van der Waals surface area contributed by atoms with Gasteiger partial charge < -0.3 is 9.84 Å². The number of esters is 1. The Hall–Kier alpha value is -1.95. The molecule has 0 amide bonds. The molecular formula is C18H28FNO4. The van der Waals surface area contributed by atoms with Gasteiger partial charge in [0.25, 0.3) is 6.47 Å². The summed E-state index contributed by atoms with van der Waals surface area (Å²) in [5.74, 6) is -0.259. The molecule has 0 saturated carbocycles. The fraction of sp³-hybridized carbons (Fsp3) is 0.556. The van der Waals surface area contributed by atoms with Gasteiger partial charge in [0, 0.05) is 13.0 Å². The minimum atomic E-state index is -0.862. The summed E-state index contributed by atoms with van der Waals surface area (Å²) < 4.78 is 17.9. The maximum atomic E-state index is 13.1. The van der Waals surface area contributed by atoms with Crippen LogP contribution in [0.3, 0.4) is 0 Å². The van der Waals surface area contributed by atoms with E-state index in [-0.39, 0.29) is 12.4 Å². The summed E-state index contributed by atoms with van der Waals surface area (Å²) in [6.07, 6.45) is 1.18. The van der Waals surface area contributed by atoms with Crippen molar-refractivity contribution < 1.29 is 23.8 Å². The van der Waals surface area contributed by atoms with Crippen molar-refractivity contribution in [3.63, 3.8) is 0 Å². The van der Waals surface area contributed by atoms with Gasteiger partial charge in [-0.3, -0.25) is 14.5 Å². The quantitative estimate of drug-likeness (QED) is 0.628. The Labute approximate surface area is 143 Å². The molecule has 2 aliphatic heterocycles. The van der Waals surface area contributed by atoms with Crippen LogP contribution in [-0.2, 0) is 14.3 Å². The summed E-state index contributed by atoms with van der Waals surface area (Å²) in [6.45, 7) is 4.98. The summed E-state index contributed by atoms with van der Waals surface area (Å²) in [4.78, 5) is 21.8. The number of fused-ring (bicyclic) bond motifs is 1. The fourth-order valence-corrected chi connectivity index (χ4v) is 2.99. The third-order valence-electron chi connectivity index (χ3n) is 3.83. The Bertz CT molecular complexity index is 431. The molecule has 24 heavy (non-hydrogen) atoms. The van der Waals surface area contributed by atoms with Gasteiger partial charge in [0.1, 0.15) is 11.7 Å². The van der Waals surface area contributed by atoms with Crippen LogP contribution >= 0.6 is 0 Å². The molecule has 2 heterocycles. The molecule has 2 fully saturated rings. The molecule has 3 rings (SSSR count). The molecule has 0 radical (unpaired) electrons. The van der Waals surface area contributed by atoms with Crippen molar-refractivity contribution >= 4 is 12.4 Å². The van der Waals surface area contributed by atoms with Gasteiger partial charge >= 0.3 is 5.97 Å². The van der Waals surface area contributed by atoms with Crippen LogP contribution in [0.25, 0.3) is 0 Å². The zero-order chi connectivity index (χ0) is 18.4. The SMILES string of the molecule is CC.COC(=O)[C@@]12CCCN1C[C@@H](F)C2.O=CO.c1ccccc1. The summed E-state index contributed by atoms with van der Waals surface area (Å²) in [5, 5.41) is 6.89. The Morgan fingerprint density at radius 2 is 1.71 bits per heavy atom. The maximum absolute atomic E-state index is 13.1. The van der Waals surface area contributed by atoms with Gasteiger partial charge in [0.15, 0.2) is 0 Å². The topological polar surface area (TPSA) is 66.8 Å². The van der Waals surface area contributed by atoms with Crippen LogP contribution < -0.4 is 0 Å². The molecule has 1 aromatic carbocycles. The highest BCUT2D eigenvalue weighted by molar-refractivity contribution is 5.81. The second-order valence-electron chi connectivity index (χ2n) is 5.13. The Morgan fingerprint density at radius 3 is 2.12 bits per heavy atom. The first-order chi connectivity index (χ1) is 11.6. The van der Waals surface area contributed by atoms with Crippen molar-refractivity contribution in [3.8, 4) is 0 Å². The summed E-state index contributed by atoms with van der Waals surface area (Å²) in [5.41, 5.74) is -0.617. The highest BCUT2D eigenvalue weighted by Gasteiger charge is 2.54. The lowest BCUT2D eigenvalue weighted by Crippen LogP contribution is -2.46. The fourth-order valence-electron chi connectivity index (χ4n) is 2.99. The number of ether oxygens (including phenoxy) is 1. The van der Waals surface area contributed by atoms with E-state index in [0.717, 1.165) is 19.4 Å². The number of carboxylic acid groups (broad SMARTS) is 1.